The van der Waals surface area contributed by atoms with Crippen LogP contribution in [0.4, 0.5) is 0 Å². The monoisotopic (exact) mass is 242 g/mol. The van der Waals surface area contributed by atoms with E-state index in [0.717, 1.165) is 25.7 Å². The second kappa shape index (κ2) is 6.36. The molecule has 0 aromatic carbocycles. The zero-order valence-corrected chi connectivity index (χ0v) is 11.0. The second-order valence-electron chi connectivity index (χ2n) is 5.45. The highest BCUT2D eigenvalue weighted by Crippen LogP contribution is 2.30. The van der Waals surface area contributed by atoms with Gasteiger partial charge in [0.2, 0.25) is 5.91 Å². The summed E-state index contributed by atoms with van der Waals surface area (Å²) in [5.74, 6) is 0.410. The first-order chi connectivity index (χ1) is 8.06. The van der Waals surface area contributed by atoms with E-state index in [1.165, 1.54) is 6.42 Å². The Hall–Kier alpha value is -0.610. The highest BCUT2D eigenvalue weighted by Gasteiger charge is 2.33. The molecule has 100 valence electrons. The minimum Gasteiger partial charge on any atom is -0.394 e. The molecule has 3 unspecified atom stereocenters. The normalized spacial score (nSPS) is 28.5. The van der Waals surface area contributed by atoms with E-state index in [2.05, 4.69) is 5.32 Å². The number of nitrogens with two attached hydrogens (primary N) is 1. The van der Waals surface area contributed by atoms with Crippen LogP contribution in [0.3, 0.4) is 0 Å². The summed E-state index contributed by atoms with van der Waals surface area (Å²) in [6, 6.07) is 0. The van der Waals surface area contributed by atoms with Gasteiger partial charge in [-0.2, -0.15) is 0 Å². The van der Waals surface area contributed by atoms with Gasteiger partial charge >= 0.3 is 0 Å². The van der Waals surface area contributed by atoms with Crippen molar-refractivity contribution in [1.82, 2.24) is 5.32 Å². The summed E-state index contributed by atoms with van der Waals surface area (Å²) in [5.41, 5.74) is 5.24. The Morgan fingerprint density at radius 2 is 2.12 bits per heavy atom. The largest absolute Gasteiger partial charge is 0.394 e. The van der Waals surface area contributed by atoms with Crippen molar-refractivity contribution in [3.8, 4) is 0 Å². The van der Waals surface area contributed by atoms with Crippen LogP contribution in [0.15, 0.2) is 0 Å². The number of aliphatic hydroxyl groups is 1. The predicted molar refractivity (Wildman–Crippen MR) is 68.4 cm³/mol. The van der Waals surface area contributed by atoms with Gasteiger partial charge in [-0.05, 0) is 38.6 Å². The Morgan fingerprint density at radius 1 is 1.47 bits per heavy atom. The molecule has 17 heavy (non-hydrogen) atoms. The van der Waals surface area contributed by atoms with Crippen molar-refractivity contribution in [2.75, 3.05) is 13.2 Å². The van der Waals surface area contributed by atoms with Crippen LogP contribution in [-0.2, 0) is 4.79 Å². The van der Waals surface area contributed by atoms with Crippen LogP contribution in [0.2, 0.25) is 0 Å². The van der Waals surface area contributed by atoms with Gasteiger partial charge in [0.25, 0.3) is 0 Å². The molecular formula is C13H26N2O2. The van der Waals surface area contributed by atoms with E-state index in [9.17, 15) is 9.90 Å². The number of amides is 1. The lowest BCUT2D eigenvalue weighted by Gasteiger charge is -2.34. The molecule has 0 bridgehead atoms. The van der Waals surface area contributed by atoms with Crippen LogP contribution in [0.25, 0.3) is 0 Å². The van der Waals surface area contributed by atoms with Gasteiger partial charge in [0.05, 0.1) is 12.1 Å². The SMILES string of the molecule is CCC(C)(CO)NC(=O)C1CCCCC1CN. The maximum atomic E-state index is 12.2. The first-order valence-electron chi connectivity index (χ1n) is 6.69. The molecule has 1 saturated carbocycles. The average Bonchev–Trinajstić information content (AvgIpc) is 2.38. The van der Waals surface area contributed by atoms with E-state index >= 15 is 0 Å². The molecule has 0 aromatic rings. The lowest BCUT2D eigenvalue weighted by molar-refractivity contribution is -0.130. The van der Waals surface area contributed by atoms with Gasteiger partial charge in [0, 0.05) is 5.92 Å². The number of aliphatic hydroxyl groups excluding tert-OH is 1. The van der Waals surface area contributed by atoms with Gasteiger partial charge in [0.15, 0.2) is 0 Å². The molecule has 4 heteroatoms. The number of carbonyl (C=O) groups excluding carboxylic acids is 1. The summed E-state index contributed by atoms with van der Waals surface area (Å²) in [7, 11) is 0. The van der Waals surface area contributed by atoms with Gasteiger partial charge in [-0.15, -0.1) is 0 Å². The molecule has 4 nitrogen and oxygen atoms in total. The first-order valence-corrected chi connectivity index (χ1v) is 6.69. The summed E-state index contributed by atoms with van der Waals surface area (Å²) in [4.78, 5) is 12.2. The molecule has 1 aliphatic rings. The zero-order chi connectivity index (χ0) is 12.9. The van der Waals surface area contributed by atoms with Gasteiger partial charge in [-0.1, -0.05) is 19.8 Å². The number of hydrogen-bond donors (Lipinski definition) is 3. The lowest BCUT2D eigenvalue weighted by Crippen LogP contribution is -2.52. The summed E-state index contributed by atoms with van der Waals surface area (Å²) in [5, 5.41) is 12.3. The van der Waals surface area contributed by atoms with Crippen LogP contribution in [0.1, 0.15) is 46.0 Å². The smallest absolute Gasteiger partial charge is 0.223 e. The van der Waals surface area contributed by atoms with Crippen LogP contribution in [-0.4, -0.2) is 29.7 Å². The summed E-state index contributed by atoms with van der Waals surface area (Å²) in [6.45, 7) is 4.41. The third-order valence-electron chi connectivity index (χ3n) is 4.10. The fraction of sp³-hybridized carbons (Fsp3) is 0.923. The van der Waals surface area contributed by atoms with E-state index in [1.807, 2.05) is 13.8 Å². The Labute approximate surface area is 104 Å². The summed E-state index contributed by atoms with van der Waals surface area (Å²) < 4.78 is 0. The van der Waals surface area contributed by atoms with E-state index in [0.29, 0.717) is 12.5 Å². The minimum atomic E-state index is -0.492. The quantitative estimate of drug-likeness (QED) is 0.674. The Morgan fingerprint density at radius 3 is 2.65 bits per heavy atom. The Balaban J connectivity index is 2.61. The van der Waals surface area contributed by atoms with Crippen molar-refractivity contribution < 1.29 is 9.90 Å². The van der Waals surface area contributed by atoms with E-state index in [1.54, 1.807) is 0 Å². The third kappa shape index (κ3) is 3.68. The number of rotatable bonds is 5. The fourth-order valence-electron chi connectivity index (χ4n) is 2.46. The van der Waals surface area contributed by atoms with Gasteiger partial charge in [-0.3, -0.25) is 4.79 Å². The average molecular weight is 242 g/mol. The van der Waals surface area contributed by atoms with Gasteiger partial charge in [0.1, 0.15) is 0 Å². The van der Waals surface area contributed by atoms with Crippen molar-refractivity contribution in [3.05, 3.63) is 0 Å². The van der Waals surface area contributed by atoms with Crippen LogP contribution in [0.5, 0.6) is 0 Å². The second-order valence-corrected chi connectivity index (χ2v) is 5.45. The molecular weight excluding hydrogens is 216 g/mol. The van der Waals surface area contributed by atoms with Crippen LogP contribution >= 0.6 is 0 Å². The fourth-order valence-corrected chi connectivity index (χ4v) is 2.46. The number of carbonyl (C=O) groups is 1. The number of nitrogens with one attached hydrogen (secondary N) is 1. The third-order valence-corrected chi connectivity index (χ3v) is 4.10. The first kappa shape index (κ1) is 14.5. The molecule has 1 amide bonds. The van der Waals surface area contributed by atoms with Crippen LogP contribution < -0.4 is 11.1 Å². The molecule has 3 atom stereocenters. The van der Waals surface area contributed by atoms with Gasteiger partial charge in [-0.25, -0.2) is 0 Å². The van der Waals surface area contributed by atoms with Crippen LogP contribution in [0, 0.1) is 11.8 Å². The molecule has 4 N–H and O–H groups in total. The molecule has 1 aliphatic carbocycles. The zero-order valence-electron chi connectivity index (χ0n) is 11.0. The van der Waals surface area contributed by atoms with E-state index in [-0.39, 0.29) is 18.4 Å². The van der Waals surface area contributed by atoms with Gasteiger partial charge < -0.3 is 16.2 Å². The molecule has 1 rings (SSSR count). The topological polar surface area (TPSA) is 75.3 Å². The van der Waals surface area contributed by atoms with Crippen molar-refractivity contribution in [1.29, 1.82) is 0 Å². The van der Waals surface area contributed by atoms with Crippen molar-refractivity contribution in [2.24, 2.45) is 17.6 Å². The number of hydrogen-bond acceptors (Lipinski definition) is 3. The Bertz CT molecular complexity index is 252. The van der Waals surface area contributed by atoms with E-state index in [4.69, 9.17) is 5.73 Å². The molecule has 0 spiro atoms. The van der Waals surface area contributed by atoms with Crippen molar-refractivity contribution in [3.63, 3.8) is 0 Å². The van der Waals surface area contributed by atoms with Crippen molar-refractivity contribution in [2.45, 2.75) is 51.5 Å². The maximum absolute atomic E-state index is 12.2. The minimum absolute atomic E-state index is 0.0186. The predicted octanol–water partition coefficient (Wildman–Crippen LogP) is 1.03. The van der Waals surface area contributed by atoms with Crippen molar-refractivity contribution >= 4 is 5.91 Å². The van der Waals surface area contributed by atoms with E-state index < -0.39 is 5.54 Å². The molecule has 0 aromatic heterocycles. The standard InChI is InChI=1S/C13H26N2O2/c1-3-13(2,9-16)15-12(17)11-7-5-4-6-10(11)8-14/h10-11,16H,3-9,14H2,1-2H3,(H,15,17). The summed E-state index contributed by atoms with van der Waals surface area (Å²) >= 11 is 0. The molecule has 0 aliphatic heterocycles. The molecule has 0 heterocycles. The lowest BCUT2D eigenvalue weighted by atomic mass is 9.78. The Kier molecular flexibility index (Phi) is 5.40. The highest BCUT2D eigenvalue weighted by atomic mass is 16.3. The summed E-state index contributed by atoms with van der Waals surface area (Å²) in [6.07, 6.45) is 5.00. The molecule has 1 fully saturated rings. The highest BCUT2D eigenvalue weighted by molar-refractivity contribution is 5.79. The molecule has 0 radical (unpaired) electrons. The maximum Gasteiger partial charge on any atom is 0.223 e. The molecule has 0 saturated heterocycles.